The molecule has 0 aliphatic heterocycles. The first-order valence-corrected chi connectivity index (χ1v) is 6.77. The van der Waals surface area contributed by atoms with Gasteiger partial charge >= 0.3 is 0 Å². The van der Waals surface area contributed by atoms with Gasteiger partial charge in [-0.15, -0.1) is 0 Å². The average Bonchev–Trinajstić information content (AvgIpc) is 2.44. The van der Waals surface area contributed by atoms with Crippen molar-refractivity contribution in [1.29, 1.82) is 0 Å². The van der Waals surface area contributed by atoms with Crippen molar-refractivity contribution < 1.29 is 5.11 Å². The third-order valence-corrected chi connectivity index (χ3v) is 4.29. The van der Waals surface area contributed by atoms with E-state index in [1.54, 1.807) is 0 Å². The molecule has 0 spiro atoms. The van der Waals surface area contributed by atoms with Gasteiger partial charge in [0.25, 0.3) is 0 Å². The number of nitrogens with two attached hydrogens (primary N) is 1. The molecule has 0 radical (unpaired) electrons. The van der Waals surface area contributed by atoms with E-state index in [2.05, 4.69) is 30.8 Å². The van der Waals surface area contributed by atoms with E-state index in [1.165, 1.54) is 5.39 Å². The van der Waals surface area contributed by atoms with E-state index in [9.17, 15) is 5.11 Å². The van der Waals surface area contributed by atoms with Crippen LogP contribution in [0.4, 0.5) is 0 Å². The van der Waals surface area contributed by atoms with Gasteiger partial charge in [-0.1, -0.05) is 49.0 Å². The summed E-state index contributed by atoms with van der Waals surface area (Å²) in [6.07, 6.45) is 2.05. The molecule has 0 bridgehead atoms. The predicted octanol–water partition coefficient (Wildman–Crippen LogP) is 3.09. The Kier molecular flexibility index (Phi) is 2.92. The van der Waals surface area contributed by atoms with Crippen molar-refractivity contribution in [3.63, 3.8) is 0 Å². The monoisotopic (exact) mass is 253 g/mol. The van der Waals surface area contributed by atoms with E-state index in [1.807, 2.05) is 18.2 Å². The molecule has 2 heteroatoms. The number of aliphatic hydroxyl groups is 1. The second-order valence-corrected chi connectivity index (χ2v) is 5.43. The van der Waals surface area contributed by atoms with E-state index in [-0.39, 0.29) is 0 Å². The zero-order chi connectivity index (χ0) is 13.5. The van der Waals surface area contributed by atoms with Gasteiger partial charge in [-0.25, -0.2) is 0 Å². The van der Waals surface area contributed by atoms with Crippen molar-refractivity contribution in [3.8, 4) is 0 Å². The van der Waals surface area contributed by atoms with E-state index >= 15 is 0 Å². The van der Waals surface area contributed by atoms with Crippen LogP contribution in [0.15, 0.2) is 54.6 Å². The van der Waals surface area contributed by atoms with E-state index in [0.29, 0.717) is 0 Å². The largest absolute Gasteiger partial charge is 0.389 e. The first kappa shape index (κ1) is 12.4. The normalized spacial score (nSPS) is 27.7. The summed E-state index contributed by atoms with van der Waals surface area (Å²) in [7, 11) is 0. The van der Waals surface area contributed by atoms with Crippen molar-refractivity contribution in [2.75, 3.05) is 0 Å². The molecule has 2 unspecified atom stereocenters. The summed E-state index contributed by atoms with van der Waals surface area (Å²) in [6.45, 7) is 4.06. The van der Waals surface area contributed by atoms with Crippen LogP contribution in [0.25, 0.3) is 10.8 Å². The molecule has 2 aromatic rings. The zero-order valence-electron chi connectivity index (χ0n) is 11.0. The van der Waals surface area contributed by atoms with Gasteiger partial charge in [-0.05, 0) is 41.2 Å². The predicted molar refractivity (Wildman–Crippen MR) is 78.8 cm³/mol. The number of aliphatic hydroxyl groups excluding tert-OH is 1. The molecule has 2 aromatic carbocycles. The Morgan fingerprint density at radius 1 is 1.16 bits per heavy atom. The molecular weight excluding hydrogens is 234 g/mol. The smallest absolute Gasteiger partial charge is 0.0768 e. The molecule has 0 aromatic heterocycles. The van der Waals surface area contributed by atoms with Crippen molar-refractivity contribution in [3.05, 3.63) is 60.2 Å². The Labute approximate surface area is 113 Å². The van der Waals surface area contributed by atoms with Crippen LogP contribution in [0.3, 0.4) is 0 Å². The highest BCUT2D eigenvalue weighted by Crippen LogP contribution is 2.41. The first-order chi connectivity index (χ1) is 9.13. The molecule has 3 rings (SSSR count). The fourth-order valence-corrected chi connectivity index (χ4v) is 3.13. The van der Waals surface area contributed by atoms with Gasteiger partial charge in [0.2, 0.25) is 0 Å². The quantitative estimate of drug-likeness (QED) is 0.767. The minimum atomic E-state index is -0.613. The van der Waals surface area contributed by atoms with Gasteiger partial charge in [0.15, 0.2) is 0 Å². The standard InChI is InChI=1S/C17H19NO/c1-12-16(19)10-5-11-17(12,18)15-9-4-7-13-6-2-3-8-14(13)15/h2-4,6-9,16,19H,1,5,10-11,18H2. The van der Waals surface area contributed by atoms with E-state index in [0.717, 1.165) is 35.8 Å². The molecule has 2 atom stereocenters. The molecular formula is C17H19NO. The van der Waals surface area contributed by atoms with Crippen molar-refractivity contribution in [2.24, 2.45) is 5.73 Å². The summed E-state index contributed by atoms with van der Waals surface area (Å²) in [5.74, 6) is 0. The van der Waals surface area contributed by atoms with E-state index in [4.69, 9.17) is 5.73 Å². The van der Waals surface area contributed by atoms with Gasteiger partial charge in [-0.3, -0.25) is 0 Å². The Morgan fingerprint density at radius 3 is 2.74 bits per heavy atom. The molecule has 1 aliphatic carbocycles. The third-order valence-electron chi connectivity index (χ3n) is 4.29. The summed E-state index contributed by atoms with van der Waals surface area (Å²) in [6, 6.07) is 14.4. The average molecular weight is 253 g/mol. The molecule has 2 nitrogen and oxygen atoms in total. The molecule has 19 heavy (non-hydrogen) atoms. The van der Waals surface area contributed by atoms with Crippen LogP contribution >= 0.6 is 0 Å². The van der Waals surface area contributed by atoms with Crippen molar-refractivity contribution in [2.45, 2.75) is 30.9 Å². The fourth-order valence-electron chi connectivity index (χ4n) is 3.13. The SMILES string of the molecule is C=C1C(O)CCCC1(N)c1cccc2ccccc12. The van der Waals surface area contributed by atoms with Crippen LogP contribution in [0.2, 0.25) is 0 Å². The van der Waals surface area contributed by atoms with Gasteiger partial charge in [0.1, 0.15) is 0 Å². The Bertz CT molecular complexity index is 629. The van der Waals surface area contributed by atoms with Gasteiger partial charge in [0, 0.05) is 0 Å². The van der Waals surface area contributed by atoms with Crippen LogP contribution in [-0.4, -0.2) is 11.2 Å². The Morgan fingerprint density at radius 2 is 1.89 bits per heavy atom. The van der Waals surface area contributed by atoms with Crippen LogP contribution in [0, 0.1) is 0 Å². The lowest BCUT2D eigenvalue weighted by Crippen LogP contribution is -2.45. The minimum Gasteiger partial charge on any atom is -0.389 e. The Balaban J connectivity index is 2.20. The molecule has 0 saturated heterocycles. The first-order valence-electron chi connectivity index (χ1n) is 6.77. The molecule has 1 aliphatic rings. The summed E-state index contributed by atoms with van der Waals surface area (Å²) in [4.78, 5) is 0. The maximum Gasteiger partial charge on any atom is 0.0768 e. The highest BCUT2D eigenvalue weighted by atomic mass is 16.3. The van der Waals surface area contributed by atoms with Crippen LogP contribution in [0.1, 0.15) is 24.8 Å². The highest BCUT2D eigenvalue weighted by Gasteiger charge is 2.38. The molecule has 1 fully saturated rings. The molecule has 3 N–H and O–H groups in total. The van der Waals surface area contributed by atoms with Gasteiger partial charge < -0.3 is 10.8 Å². The topological polar surface area (TPSA) is 46.2 Å². The third kappa shape index (κ3) is 1.88. The summed E-state index contributed by atoms with van der Waals surface area (Å²) in [5.41, 5.74) is 7.83. The number of fused-ring (bicyclic) bond motifs is 1. The fraction of sp³-hybridized carbons (Fsp3) is 0.294. The lowest BCUT2D eigenvalue weighted by atomic mass is 9.71. The number of rotatable bonds is 1. The van der Waals surface area contributed by atoms with Crippen LogP contribution in [0.5, 0.6) is 0 Å². The lowest BCUT2D eigenvalue weighted by molar-refractivity contribution is 0.150. The highest BCUT2D eigenvalue weighted by molar-refractivity contribution is 5.87. The van der Waals surface area contributed by atoms with E-state index < -0.39 is 11.6 Å². The maximum absolute atomic E-state index is 10.1. The second kappa shape index (κ2) is 4.48. The number of benzene rings is 2. The van der Waals surface area contributed by atoms with Gasteiger partial charge in [-0.2, -0.15) is 0 Å². The van der Waals surface area contributed by atoms with Crippen LogP contribution in [-0.2, 0) is 5.54 Å². The minimum absolute atomic E-state index is 0.488. The second-order valence-electron chi connectivity index (χ2n) is 5.43. The molecule has 0 amide bonds. The summed E-state index contributed by atoms with van der Waals surface area (Å²) < 4.78 is 0. The molecule has 1 saturated carbocycles. The molecule has 0 heterocycles. The van der Waals surface area contributed by atoms with Crippen LogP contribution < -0.4 is 5.73 Å². The zero-order valence-corrected chi connectivity index (χ0v) is 11.0. The lowest BCUT2D eigenvalue weighted by Gasteiger charge is -2.39. The number of hydrogen-bond acceptors (Lipinski definition) is 2. The summed E-state index contributed by atoms with van der Waals surface area (Å²) >= 11 is 0. The van der Waals surface area contributed by atoms with Gasteiger partial charge in [0.05, 0.1) is 11.6 Å². The Hall–Kier alpha value is -1.64. The number of hydrogen-bond donors (Lipinski definition) is 2. The molecule has 98 valence electrons. The van der Waals surface area contributed by atoms with Crippen molar-refractivity contribution in [1.82, 2.24) is 0 Å². The maximum atomic E-state index is 10.1. The van der Waals surface area contributed by atoms with Crippen molar-refractivity contribution >= 4 is 10.8 Å². The summed E-state index contributed by atoms with van der Waals surface area (Å²) in [5, 5.41) is 12.4.